The number of allylic oxidation sites excluding steroid dienone is 4. The molecule has 5 aliphatic heterocycles. The first-order valence-corrected chi connectivity index (χ1v) is 27.5. The molecule has 434 valence electrons. The minimum atomic E-state index is -2.18. The number of piperazine rings is 1. The Hall–Kier alpha value is -6.95. The number of hydrogen-bond donors (Lipinski definition) is 6. The van der Waals surface area contributed by atoms with Gasteiger partial charge in [-0.2, -0.15) is 0 Å². The molecule has 21 nitrogen and oxygen atoms in total. The maximum atomic E-state index is 16.1. The summed E-state index contributed by atoms with van der Waals surface area (Å²) in [5, 5.41) is 47.1. The fraction of sp³-hybridized carbons (Fsp3) is 0.500. The summed E-state index contributed by atoms with van der Waals surface area (Å²) in [4.78, 5) is 103. The van der Waals surface area contributed by atoms with Crippen LogP contribution < -0.4 is 26.1 Å². The fourth-order valence-electron chi connectivity index (χ4n) is 12.0. The number of anilines is 1. The standard InChI is InChI=1S/C58H68ClFN6O15/c1-26-10-9-11-27(2)56(75)62-43-46(64-17-14-32(15-18-64)63-19-21-65(22-20-63)45-36(60)24-34-44(41(45)59)66(33-12-13-33)25-35(50(34)71)57(76)77)52(73)38-39(51(43)72)48(69)30(5)53-40(38)55(74)58(7,81-53)79-23-16-37(78-8)28(3)54(80-31(6)67)42(61)49(70)29(4)47(26)68/h9-11,16,23-26,28-29,32-33,37,42,47,49,54,68-70H,12-15,17-22,61H2,1-8H3,(H,62,75)(H,76,77)/b10-9+,23-16+,27-11-/t26-,28+,29+,37-,42+,47-,49+,54+,58-/m0/s1. The summed E-state index contributed by atoms with van der Waals surface area (Å²) >= 11 is 6.97. The Morgan fingerprint density at radius 1 is 0.889 bits per heavy atom. The smallest absolute Gasteiger partial charge is 0.341 e. The summed E-state index contributed by atoms with van der Waals surface area (Å²) in [7, 11) is 1.37. The maximum Gasteiger partial charge on any atom is 0.341 e. The van der Waals surface area contributed by atoms with Crippen LogP contribution in [0.4, 0.5) is 10.1 Å². The number of likely N-dealkylation sites (tertiary alicyclic amines) is 1. The number of ether oxygens (including phenoxy) is 4. The second-order valence-corrected chi connectivity index (χ2v) is 22.6. The molecule has 0 unspecified atom stereocenters. The number of nitrogens with zero attached hydrogens (tertiary/aromatic N) is 4. The molecule has 6 heterocycles. The predicted octanol–water partition coefficient (Wildman–Crippen LogP) is 5.08. The number of carboxylic acids is 1. The van der Waals surface area contributed by atoms with Crippen LogP contribution in [0.25, 0.3) is 10.9 Å². The molecule has 2 aromatic carbocycles. The van der Waals surface area contributed by atoms with Gasteiger partial charge in [-0.1, -0.05) is 50.6 Å². The van der Waals surface area contributed by atoms with Crippen molar-refractivity contribution in [3.63, 3.8) is 0 Å². The Kier molecular flexibility index (Phi) is 16.5. The van der Waals surface area contributed by atoms with Crippen molar-refractivity contribution in [3.8, 4) is 11.5 Å². The molecular formula is C58H68ClFN6O15. The van der Waals surface area contributed by atoms with Crippen LogP contribution in [-0.2, 0) is 23.8 Å². The van der Waals surface area contributed by atoms with Gasteiger partial charge in [-0.25, -0.2) is 9.18 Å². The molecule has 3 aromatic rings. The van der Waals surface area contributed by atoms with E-state index in [4.69, 9.17) is 36.3 Å². The van der Waals surface area contributed by atoms with Gasteiger partial charge in [-0.15, -0.1) is 0 Å². The van der Waals surface area contributed by atoms with E-state index in [1.54, 1.807) is 36.3 Å². The van der Waals surface area contributed by atoms with E-state index in [2.05, 4.69) is 10.2 Å². The zero-order valence-electron chi connectivity index (χ0n) is 46.3. The molecule has 1 amide bonds. The van der Waals surface area contributed by atoms with Gasteiger partial charge in [0.25, 0.3) is 11.7 Å². The van der Waals surface area contributed by atoms with E-state index < -0.39 is 129 Å². The van der Waals surface area contributed by atoms with Crippen LogP contribution in [0.1, 0.15) is 120 Å². The van der Waals surface area contributed by atoms with Gasteiger partial charge in [-0.05, 0) is 51.7 Å². The highest BCUT2D eigenvalue weighted by Crippen LogP contribution is 2.49. The number of aromatic nitrogens is 1. The number of nitrogens with one attached hydrogen (secondary N) is 1. The molecule has 0 radical (unpaired) electrons. The van der Waals surface area contributed by atoms with Gasteiger partial charge in [0.1, 0.15) is 40.4 Å². The van der Waals surface area contributed by atoms with Gasteiger partial charge in [-0.3, -0.25) is 33.7 Å². The van der Waals surface area contributed by atoms with Gasteiger partial charge >= 0.3 is 17.7 Å². The van der Waals surface area contributed by atoms with Gasteiger partial charge in [0.15, 0.2) is 0 Å². The number of halogens is 2. The van der Waals surface area contributed by atoms with E-state index in [1.165, 1.54) is 59.2 Å². The quantitative estimate of drug-likeness (QED) is 0.168. The Bertz CT molecular complexity index is 3320. The number of amides is 1. The third-order valence-electron chi connectivity index (χ3n) is 16.9. The number of fused-ring (bicyclic) bond motifs is 15. The predicted molar refractivity (Wildman–Crippen MR) is 294 cm³/mol. The van der Waals surface area contributed by atoms with Gasteiger partial charge in [0.2, 0.25) is 17.0 Å². The summed E-state index contributed by atoms with van der Waals surface area (Å²) < 4.78 is 41.3. The largest absolute Gasteiger partial charge is 0.507 e. The number of phenols is 1. The average Bonchev–Trinajstić information content (AvgIpc) is 4.38. The van der Waals surface area contributed by atoms with Gasteiger partial charge < -0.3 is 64.8 Å². The molecular weight excluding hydrogens is 1080 g/mol. The zero-order chi connectivity index (χ0) is 58.8. The molecule has 0 spiro atoms. The lowest BCUT2D eigenvalue weighted by Crippen LogP contribution is -2.55. The summed E-state index contributed by atoms with van der Waals surface area (Å²) in [6.45, 7) is 12.3. The van der Waals surface area contributed by atoms with E-state index in [0.29, 0.717) is 39.0 Å². The number of phenolic OH excluding ortho intramolecular Hbond substituents is 1. The lowest BCUT2D eigenvalue weighted by molar-refractivity contribution is -0.156. The number of esters is 1. The number of nitrogens with two attached hydrogens (primary N) is 1. The highest BCUT2D eigenvalue weighted by molar-refractivity contribution is 6.38. The van der Waals surface area contributed by atoms with Crippen molar-refractivity contribution in [3.05, 3.63) is 109 Å². The van der Waals surface area contributed by atoms with Gasteiger partial charge in [0, 0.05) is 107 Å². The van der Waals surface area contributed by atoms with Crippen LogP contribution in [0.15, 0.2) is 64.6 Å². The van der Waals surface area contributed by atoms with Crippen molar-refractivity contribution in [2.45, 2.75) is 122 Å². The van der Waals surface area contributed by atoms with E-state index in [-0.39, 0.29) is 74.9 Å². The van der Waals surface area contributed by atoms with E-state index in [1.807, 2.05) is 4.90 Å². The van der Waals surface area contributed by atoms with Crippen LogP contribution in [0.5, 0.6) is 11.5 Å². The van der Waals surface area contributed by atoms with Crippen molar-refractivity contribution in [2.24, 2.45) is 23.5 Å². The number of hydrogen-bond acceptors (Lipinski definition) is 18. The molecule has 7 aliphatic rings. The minimum absolute atomic E-state index is 0.0236. The fourth-order valence-corrected chi connectivity index (χ4v) is 12.4. The summed E-state index contributed by atoms with van der Waals surface area (Å²) in [6, 6.07) is -0.304. The summed E-state index contributed by atoms with van der Waals surface area (Å²) in [6.07, 6.45) is 6.08. The normalized spacial score (nSPS) is 29.7. The Labute approximate surface area is 471 Å². The second-order valence-electron chi connectivity index (χ2n) is 22.2. The number of aliphatic hydroxyl groups excluding tert-OH is 2. The van der Waals surface area contributed by atoms with Crippen LogP contribution in [0.2, 0.25) is 5.02 Å². The second kappa shape index (κ2) is 22.8. The van der Waals surface area contributed by atoms with Gasteiger partial charge in [0.05, 0.1) is 68.9 Å². The van der Waals surface area contributed by atoms with E-state index >= 15 is 14.0 Å². The summed E-state index contributed by atoms with van der Waals surface area (Å²) in [5.41, 5.74) is 3.84. The first-order valence-electron chi connectivity index (χ1n) is 27.1. The monoisotopic (exact) mass is 1140 g/mol. The summed E-state index contributed by atoms with van der Waals surface area (Å²) in [5.74, 6) is -11.6. The Morgan fingerprint density at radius 2 is 1.56 bits per heavy atom. The molecule has 1 saturated carbocycles. The number of piperidine rings is 1. The first kappa shape index (κ1) is 58.7. The number of ketones is 3. The number of Topliss-reactive ketones (excluding diaryl/α,β-unsaturated/α-hetero) is 3. The maximum absolute atomic E-state index is 16.1. The molecule has 1 aromatic heterocycles. The third-order valence-corrected chi connectivity index (χ3v) is 17.3. The van der Waals surface area contributed by atoms with Crippen LogP contribution >= 0.6 is 11.6 Å². The number of carbonyl (C=O) groups excluding carboxylic acids is 5. The molecule has 5 bridgehead atoms. The van der Waals surface area contributed by atoms with Crippen molar-refractivity contribution in [1.82, 2.24) is 19.7 Å². The number of aromatic carboxylic acids is 1. The zero-order valence-corrected chi connectivity index (χ0v) is 47.0. The number of carboxylic acid groups (broad SMARTS) is 1. The number of methoxy groups -OCH3 is 1. The number of aromatic hydroxyl groups is 1. The van der Waals surface area contributed by atoms with E-state index in [9.17, 15) is 44.4 Å². The molecule has 10 rings (SSSR count). The number of aliphatic hydroxyl groups is 2. The highest BCUT2D eigenvalue weighted by atomic mass is 35.5. The number of benzene rings is 2. The minimum Gasteiger partial charge on any atom is -0.507 e. The third kappa shape index (κ3) is 10.7. The SMILES string of the molecule is CO[C@H]1/C=C/O[C@@]2(C)Oc3c(C)c(O)c4c(c3C2=O)C(=O)C(N2CCC(N3CCN(c5c(F)cc6c(=O)c(C(=O)O)cn(C7CC7)c6c5Cl)CC3)CC2)=C(NC(=O)/C(C)=C\C=C\[C@H](C)[C@H](O)[C@@H](C)[C@@H](O)[C@@H](N)[C@H](OC(C)=O)[C@@H]1C)C4=O. The Balaban J connectivity index is 1.02. The number of rotatable bonds is 7. The number of pyridine rings is 1. The topological polar surface area (TPSA) is 290 Å². The molecule has 3 fully saturated rings. The van der Waals surface area contributed by atoms with Crippen molar-refractivity contribution < 1.29 is 72.5 Å². The number of carbonyl (C=O) groups is 6. The Morgan fingerprint density at radius 3 is 2.17 bits per heavy atom. The molecule has 9 atom stereocenters. The first-order chi connectivity index (χ1) is 38.3. The van der Waals surface area contributed by atoms with Crippen LogP contribution in [0.3, 0.4) is 0 Å². The van der Waals surface area contributed by atoms with Crippen molar-refractivity contribution in [2.75, 3.05) is 51.3 Å². The van der Waals surface area contributed by atoms with E-state index in [0.717, 1.165) is 25.2 Å². The molecule has 2 aliphatic carbocycles. The molecule has 2 saturated heterocycles. The molecule has 7 N–H and O–H groups in total. The average molecular weight is 1140 g/mol. The molecule has 81 heavy (non-hydrogen) atoms. The highest BCUT2D eigenvalue weighted by Gasteiger charge is 2.53. The lowest BCUT2D eigenvalue weighted by Gasteiger charge is -2.44. The van der Waals surface area contributed by atoms with Crippen LogP contribution in [0, 0.1) is 30.5 Å². The van der Waals surface area contributed by atoms with Crippen LogP contribution in [-0.4, -0.2) is 159 Å². The van der Waals surface area contributed by atoms with Crippen molar-refractivity contribution in [1.29, 1.82) is 0 Å². The lowest BCUT2D eigenvalue weighted by atomic mass is 9.81. The van der Waals surface area contributed by atoms with Crippen molar-refractivity contribution >= 4 is 63.4 Å². The molecule has 23 heteroatoms.